The molecule has 0 aromatic heterocycles. The molecule has 0 aliphatic heterocycles. The van der Waals surface area contributed by atoms with E-state index in [2.05, 4.69) is 46.9 Å². The summed E-state index contributed by atoms with van der Waals surface area (Å²) < 4.78 is 0. The molecule has 0 heterocycles. The maximum atomic E-state index is 14.2. The minimum Gasteiger partial charge on any atom is -0.370 e. The van der Waals surface area contributed by atoms with Crippen molar-refractivity contribution < 1.29 is 38.4 Å². The predicted octanol–water partition coefficient (Wildman–Crippen LogP) is -5.61. The Labute approximate surface area is 390 Å². The molecule has 0 radical (unpaired) electrons. The van der Waals surface area contributed by atoms with Gasteiger partial charge in [0, 0.05) is 26.1 Å². The summed E-state index contributed by atoms with van der Waals surface area (Å²) >= 11 is 1.50. The van der Waals surface area contributed by atoms with Crippen LogP contribution in [0.1, 0.15) is 90.9 Å². The van der Waals surface area contributed by atoms with Crippen LogP contribution in [-0.4, -0.2) is 146 Å². The fraction of sp³-hybridized carbons (Fsp3) is 0.718. The van der Waals surface area contributed by atoms with Gasteiger partial charge in [0.25, 0.3) is 0 Å². The van der Waals surface area contributed by atoms with Crippen LogP contribution in [0.15, 0.2) is 15.0 Å². The molecule has 0 unspecified atom stereocenters. The van der Waals surface area contributed by atoms with E-state index in [4.69, 9.17) is 51.6 Å². The maximum absolute atomic E-state index is 14.2. The van der Waals surface area contributed by atoms with Crippen LogP contribution in [0.25, 0.3) is 0 Å². The second kappa shape index (κ2) is 34.4. The van der Waals surface area contributed by atoms with Crippen molar-refractivity contribution in [2.75, 3.05) is 38.2 Å². The molecule has 26 nitrogen and oxygen atoms in total. The van der Waals surface area contributed by atoms with Gasteiger partial charge in [-0.1, -0.05) is 13.8 Å². The van der Waals surface area contributed by atoms with Crippen LogP contribution in [0.4, 0.5) is 0 Å². The van der Waals surface area contributed by atoms with Crippen LogP contribution < -0.4 is 83.5 Å². The number of hydrogen-bond donors (Lipinski definition) is 15. The molecule has 0 aliphatic carbocycles. The largest absolute Gasteiger partial charge is 0.370 e. The van der Waals surface area contributed by atoms with Crippen LogP contribution in [0.3, 0.4) is 0 Å². The molecule has 0 aromatic carbocycles. The van der Waals surface area contributed by atoms with Gasteiger partial charge in [-0.15, -0.1) is 0 Å². The van der Waals surface area contributed by atoms with Crippen LogP contribution in [0.5, 0.6) is 0 Å². The van der Waals surface area contributed by atoms with Gasteiger partial charge in [-0.2, -0.15) is 11.8 Å². The number of rotatable bonds is 36. The number of nitrogens with zero attached hydrogens (tertiary/aromatic N) is 3. The first-order chi connectivity index (χ1) is 31.2. The van der Waals surface area contributed by atoms with Crippen molar-refractivity contribution in [3.05, 3.63) is 0 Å². The SMILES string of the molecule is CSCC[C@H](N)C(=O)N[C@@H](CCCN=C(N)N)C(=O)N[C@H](C(=O)N[C@@H](CCCN=C(N)N)C(=O)N[C@@H](CCCCN)C(=O)N[C@@H](CCCN=C(N)N)C(=O)N[C@H](C=O)CCC(N)=O)C(C)C. The standard InChI is InChI=1S/C39H76N18O8S/c1-22(2)30(57-35(64)28(12-8-19-51-39(47)48)53-31(60)24(41)15-20-66-3)36(65)56-27(11-7-18-50-38(45)46)34(63)54-25(9-4-5-16-40)33(62)55-26(10-6-17-49-37(43)44)32(61)52-23(21-58)13-14-29(42)59/h21-28,30H,4-20,40-41H2,1-3H3,(H2,42,59)(H,52,61)(H,53,60)(H,54,63)(H,55,62)(H,56,65)(H,57,64)(H4,43,44,49)(H4,45,46,50)(H4,47,48,51)/t23-,24-,25-,26-,27-,28-,30-/m0/s1. The third kappa shape index (κ3) is 27.4. The van der Waals surface area contributed by atoms with Crippen molar-refractivity contribution in [3.63, 3.8) is 0 Å². The van der Waals surface area contributed by atoms with Gasteiger partial charge in [0.05, 0.1) is 12.1 Å². The number of thioether (sulfide) groups is 1. The molecule has 0 aliphatic rings. The van der Waals surface area contributed by atoms with Crippen molar-refractivity contribution in [1.29, 1.82) is 0 Å². The Morgan fingerprint density at radius 3 is 1.30 bits per heavy atom. The monoisotopic (exact) mass is 957 g/mol. The molecule has 27 heteroatoms. The Morgan fingerprint density at radius 2 is 0.924 bits per heavy atom. The molecule has 0 bridgehead atoms. The van der Waals surface area contributed by atoms with Gasteiger partial charge in [0.1, 0.15) is 36.5 Å². The molecule has 0 rings (SSSR count). The molecule has 0 saturated carbocycles. The van der Waals surface area contributed by atoms with Crippen LogP contribution in [0, 0.1) is 5.92 Å². The molecular formula is C39H76N18O8S. The third-order valence-electron chi connectivity index (χ3n) is 9.73. The summed E-state index contributed by atoms with van der Waals surface area (Å²) in [6, 6.07) is -8.19. The van der Waals surface area contributed by atoms with E-state index in [1.54, 1.807) is 13.8 Å². The Kier molecular flexibility index (Phi) is 31.3. The smallest absolute Gasteiger partial charge is 0.243 e. The molecule has 0 fully saturated rings. The van der Waals surface area contributed by atoms with E-state index in [-0.39, 0.29) is 102 Å². The summed E-state index contributed by atoms with van der Waals surface area (Å²) in [5, 5.41) is 15.9. The van der Waals surface area contributed by atoms with E-state index in [0.717, 1.165) is 0 Å². The van der Waals surface area contributed by atoms with Crippen molar-refractivity contribution in [2.24, 2.45) is 72.5 Å². The highest BCUT2D eigenvalue weighted by atomic mass is 32.2. The minimum absolute atomic E-state index is 0.00335. The van der Waals surface area contributed by atoms with Gasteiger partial charge >= 0.3 is 0 Å². The lowest BCUT2D eigenvalue weighted by Crippen LogP contribution is -2.60. The fourth-order valence-corrected chi connectivity index (χ4v) is 6.57. The van der Waals surface area contributed by atoms with E-state index >= 15 is 0 Å². The zero-order chi connectivity index (χ0) is 50.2. The highest BCUT2D eigenvalue weighted by Gasteiger charge is 2.34. The molecule has 66 heavy (non-hydrogen) atoms. The Hall–Kier alpha value is -5.96. The number of aliphatic imine (C=N–C) groups is 3. The topological polar surface area (TPSA) is 480 Å². The third-order valence-corrected chi connectivity index (χ3v) is 10.4. The number of aldehydes is 1. The molecule has 7 atom stereocenters. The first-order valence-electron chi connectivity index (χ1n) is 21.8. The fourth-order valence-electron chi connectivity index (χ4n) is 6.08. The molecular weight excluding hydrogens is 881 g/mol. The number of carbonyl (C=O) groups is 8. The zero-order valence-corrected chi connectivity index (χ0v) is 39.2. The van der Waals surface area contributed by atoms with Gasteiger partial charge < -0.3 is 88.3 Å². The first kappa shape index (κ1) is 60.0. The lowest BCUT2D eigenvalue weighted by atomic mass is 10.0. The number of guanidine groups is 3. The second-order valence-corrected chi connectivity index (χ2v) is 16.7. The summed E-state index contributed by atoms with van der Waals surface area (Å²) in [4.78, 5) is 117. The predicted molar refractivity (Wildman–Crippen MR) is 255 cm³/mol. The lowest BCUT2D eigenvalue weighted by Gasteiger charge is -2.29. The zero-order valence-electron chi connectivity index (χ0n) is 38.4. The highest BCUT2D eigenvalue weighted by Crippen LogP contribution is 2.11. The number of amides is 7. The minimum atomic E-state index is -1.31. The van der Waals surface area contributed by atoms with Gasteiger partial charge in [0.2, 0.25) is 41.4 Å². The average molecular weight is 957 g/mol. The van der Waals surface area contributed by atoms with E-state index in [1.165, 1.54) is 11.8 Å². The number of nitrogens with two attached hydrogens (primary N) is 9. The molecule has 376 valence electrons. The van der Waals surface area contributed by atoms with Gasteiger partial charge in [0.15, 0.2) is 17.9 Å². The van der Waals surface area contributed by atoms with Crippen molar-refractivity contribution in [3.8, 4) is 0 Å². The van der Waals surface area contributed by atoms with E-state index in [1.807, 2.05) is 6.26 Å². The molecule has 0 spiro atoms. The van der Waals surface area contributed by atoms with Crippen LogP contribution >= 0.6 is 11.8 Å². The number of unbranched alkanes of at least 4 members (excludes halogenated alkanes) is 1. The molecule has 0 saturated heterocycles. The highest BCUT2D eigenvalue weighted by molar-refractivity contribution is 7.98. The summed E-state index contributed by atoms with van der Waals surface area (Å²) in [5.74, 6) is -5.52. The van der Waals surface area contributed by atoms with Crippen LogP contribution in [0.2, 0.25) is 0 Å². The van der Waals surface area contributed by atoms with E-state index < -0.39 is 89.6 Å². The summed E-state index contributed by atoms with van der Waals surface area (Å²) in [7, 11) is 0. The van der Waals surface area contributed by atoms with E-state index in [9.17, 15) is 38.4 Å². The summed E-state index contributed by atoms with van der Waals surface area (Å²) in [6.07, 6.45) is 4.01. The second-order valence-electron chi connectivity index (χ2n) is 15.7. The lowest BCUT2D eigenvalue weighted by molar-refractivity contribution is -0.136. The first-order valence-corrected chi connectivity index (χ1v) is 23.2. The molecule has 24 N–H and O–H groups in total. The number of hydrogen-bond acceptors (Lipinski definition) is 14. The van der Waals surface area contributed by atoms with Crippen LogP contribution in [-0.2, 0) is 38.4 Å². The average Bonchev–Trinajstić information content (AvgIpc) is 3.25. The quantitative estimate of drug-likeness (QED) is 0.0120. The van der Waals surface area contributed by atoms with E-state index in [0.29, 0.717) is 31.3 Å². The number of carbonyl (C=O) groups excluding carboxylic acids is 8. The van der Waals surface area contributed by atoms with Crippen molar-refractivity contribution >= 4 is 77.3 Å². The van der Waals surface area contributed by atoms with Gasteiger partial charge in [-0.05, 0) is 95.1 Å². The molecule has 7 amide bonds. The maximum Gasteiger partial charge on any atom is 0.243 e. The number of nitrogens with one attached hydrogen (secondary N) is 6. The normalized spacial score (nSPS) is 14.0. The Balaban J connectivity index is 6.66. The Morgan fingerprint density at radius 1 is 0.530 bits per heavy atom. The van der Waals surface area contributed by atoms with Crippen molar-refractivity contribution in [2.45, 2.75) is 133 Å². The van der Waals surface area contributed by atoms with Crippen molar-refractivity contribution in [1.82, 2.24) is 31.9 Å². The molecule has 0 aromatic rings. The summed E-state index contributed by atoms with van der Waals surface area (Å²) in [6.45, 7) is 3.93. The summed E-state index contributed by atoms with van der Waals surface area (Å²) in [5.41, 5.74) is 49.7. The van der Waals surface area contributed by atoms with Gasteiger partial charge in [-0.25, -0.2) is 0 Å². The number of primary amides is 1. The Bertz CT molecular complexity index is 1640. The van der Waals surface area contributed by atoms with Gasteiger partial charge in [-0.3, -0.25) is 48.5 Å².